The van der Waals surface area contributed by atoms with Gasteiger partial charge in [0.15, 0.2) is 5.65 Å². The largest absolute Gasteiger partial charge is 0.372 e. The molecule has 0 radical (unpaired) electrons. The van der Waals surface area contributed by atoms with Crippen LogP contribution in [0.5, 0.6) is 0 Å². The van der Waals surface area contributed by atoms with Crippen molar-refractivity contribution >= 4 is 17.4 Å². The summed E-state index contributed by atoms with van der Waals surface area (Å²) in [6.45, 7) is 5.71. The van der Waals surface area contributed by atoms with E-state index in [2.05, 4.69) is 20.2 Å². The lowest BCUT2D eigenvalue weighted by Gasteiger charge is -2.22. The van der Waals surface area contributed by atoms with Crippen molar-refractivity contribution in [1.82, 2.24) is 24.7 Å². The molecule has 118 valence electrons. The molecule has 1 saturated heterocycles. The summed E-state index contributed by atoms with van der Waals surface area (Å²) >= 11 is 0. The maximum Gasteiger partial charge on any atom is 0.248 e. The Morgan fingerprint density at radius 1 is 1.27 bits per heavy atom. The Kier molecular flexibility index (Phi) is 4.47. The smallest absolute Gasteiger partial charge is 0.248 e. The summed E-state index contributed by atoms with van der Waals surface area (Å²) in [5, 5.41) is 12.3. The van der Waals surface area contributed by atoms with Gasteiger partial charge in [0, 0.05) is 32.8 Å². The molecule has 8 nitrogen and oxygen atoms in total. The lowest BCUT2D eigenvalue weighted by Crippen LogP contribution is -2.37. The van der Waals surface area contributed by atoms with E-state index in [1.165, 1.54) is 0 Å². The average Bonchev–Trinajstić information content (AvgIpc) is 2.87. The Labute approximate surface area is 128 Å². The van der Waals surface area contributed by atoms with E-state index in [1.54, 1.807) is 10.8 Å². The van der Waals surface area contributed by atoms with Gasteiger partial charge in [0.05, 0.1) is 0 Å². The number of nitrogens with zero attached hydrogens (tertiary/aromatic N) is 6. The van der Waals surface area contributed by atoms with Crippen LogP contribution < -0.4 is 4.90 Å². The minimum atomic E-state index is 0.0610. The van der Waals surface area contributed by atoms with E-state index >= 15 is 0 Å². The van der Waals surface area contributed by atoms with Gasteiger partial charge in [-0.3, -0.25) is 4.79 Å². The summed E-state index contributed by atoms with van der Waals surface area (Å²) < 4.78 is 6.87. The van der Waals surface area contributed by atoms with Crippen LogP contribution in [-0.4, -0.2) is 70.0 Å². The molecule has 0 saturated carbocycles. The highest BCUT2D eigenvalue weighted by Gasteiger charge is 2.20. The molecule has 2 aromatic heterocycles. The van der Waals surface area contributed by atoms with Gasteiger partial charge in [-0.15, -0.1) is 15.3 Å². The van der Waals surface area contributed by atoms with Gasteiger partial charge in [-0.1, -0.05) is 0 Å². The van der Waals surface area contributed by atoms with Crippen LogP contribution in [0.3, 0.4) is 0 Å². The maximum atomic E-state index is 12.0. The lowest BCUT2D eigenvalue weighted by molar-refractivity contribution is -0.135. The predicted molar refractivity (Wildman–Crippen MR) is 80.7 cm³/mol. The normalized spacial score (nSPS) is 16.0. The summed E-state index contributed by atoms with van der Waals surface area (Å²) in [5.74, 6) is 0.942. The molecule has 1 aliphatic rings. The van der Waals surface area contributed by atoms with E-state index in [4.69, 9.17) is 4.74 Å². The Morgan fingerprint density at radius 2 is 2.18 bits per heavy atom. The Morgan fingerprint density at radius 3 is 3.05 bits per heavy atom. The monoisotopic (exact) mass is 304 g/mol. The van der Waals surface area contributed by atoms with Crippen LogP contribution in [0.25, 0.3) is 5.65 Å². The number of carbonyl (C=O) groups excluding carboxylic acids is 1. The van der Waals surface area contributed by atoms with Gasteiger partial charge in [0.2, 0.25) is 5.91 Å². The summed E-state index contributed by atoms with van der Waals surface area (Å²) in [6, 6.07) is 3.85. The quantitative estimate of drug-likeness (QED) is 0.803. The third-order valence-electron chi connectivity index (χ3n) is 3.75. The molecule has 0 N–H and O–H groups in total. The highest BCUT2D eigenvalue weighted by atomic mass is 16.5. The molecule has 1 aliphatic heterocycles. The van der Waals surface area contributed by atoms with Gasteiger partial charge in [0.1, 0.15) is 18.8 Å². The van der Waals surface area contributed by atoms with E-state index in [-0.39, 0.29) is 12.5 Å². The molecule has 0 aromatic carbocycles. The lowest BCUT2D eigenvalue weighted by atomic mass is 10.3. The number of aromatic nitrogens is 4. The number of fused-ring (bicyclic) bond motifs is 1. The highest BCUT2D eigenvalue weighted by molar-refractivity contribution is 5.77. The van der Waals surface area contributed by atoms with Gasteiger partial charge in [-0.05, 0) is 25.5 Å². The number of rotatable bonds is 4. The molecular formula is C14H20N6O2. The number of amides is 1. The van der Waals surface area contributed by atoms with Crippen LogP contribution in [0.4, 0.5) is 5.82 Å². The first-order valence-corrected chi connectivity index (χ1v) is 7.55. The number of hydrogen-bond acceptors (Lipinski definition) is 6. The number of carbonyl (C=O) groups is 1. The van der Waals surface area contributed by atoms with Crippen LogP contribution in [0.1, 0.15) is 13.3 Å². The van der Waals surface area contributed by atoms with E-state index in [1.807, 2.05) is 24.0 Å². The minimum Gasteiger partial charge on any atom is -0.372 e. The summed E-state index contributed by atoms with van der Waals surface area (Å²) in [5.41, 5.74) is 0.729. The maximum absolute atomic E-state index is 12.0. The molecule has 1 fully saturated rings. The van der Waals surface area contributed by atoms with Gasteiger partial charge >= 0.3 is 0 Å². The van der Waals surface area contributed by atoms with Crippen LogP contribution in [0.2, 0.25) is 0 Å². The Hall–Kier alpha value is -2.22. The SMILES string of the molecule is CCOCC(=O)N1CCCN(c2ccc3nncn3n2)CC1. The van der Waals surface area contributed by atoms with E-state index in [9.17, 15) is 4.79 Å². The molecule has 22 heavy (non-hydrogen) atoms. The van der Waals surface area contributed by atoms with Gasteiger partial charge in [0.25, 0.3) is 0 Å². The van der Waals surface area contributed by atoms with Crippen molar-refractivity contribution in [3.8, 4) is 0 Å². The second-order valence-corrected chi connectivity index (χ2v) is 5.18. The van der Waals surface area contributed by atoms with Gasteiger partial charge in [-0.25, -0.2) is 0 Å². The minimum absolute atomic E-state index is 0.0610. The first kappa shape index (κ1) is 14.7. The van der Waals surface area contributed by atoms with Crippen LogP contribution in [-0.2, 0) is 9.53 Å². The zero-order valence-corrected chi connectivity index (χ0v) is 12.7. The second-order valence-electron chi connectivity index (χ2n) is 5.18. The summed E-state index contributed by atoms with van der Waals surface area (Å²) in [6.07, 6.45) is 2.51. The molecule has 0 spiro atoms. The van der Waals surface area contributed by atoms with Crippen molar-refractivity contribution in [2.45, 2.75) is 13.3 Å². The molecule has 0 aliphatic carbocycles. The third kappa shape index (κ3) is 3.16. The number of ether oxygens (including phenoxy) is 1. The summed E-state index contributed by atoms with van der Waals surface area (Å²) in [7, 11) is 0. The van der Waals surface area contributed by atoms with Crippen molar-refractivity contribution in [3.05, 3.63) is 18.5 Å². The van der Waals surface area contributed by atoms with E-state index in [0.717, 1.165) is 37.5 Å². The molecule has 0 bridgehead atoms. The van der Waals surface area contributed by atoms with Crippen molar-refractivity contribution in [2.75, 3.05) is 44.3 Å². The Bertz CT molecular complexity index is 643. The molecule has 0 atom stereocenters. The number of hydrogen-bond donors (Lipinski definition) is 0. The first-order chi connectivity index (χ1) is 10.8. The highest BCUT2D eigenvalue weighted by Crippen LogP contribution is 2.14. The van der Waals surface area contributed by atoms with Crippen LogP contribution >= 0.6 is 0 Å². The fourth-order valence-electron chi connectivity index (χ4n) is 2.56. The fraction of sp³-hybridized carbons (Fsp3) is 0.571. The molecule has 3 rings (SSSR count). The van der Waals surface area contributed by atoms with E-state index < -0.39 is 0 Å². The van der Waals surface area contributed by atoms with Crippen LogP contribution in [0.15, 0.2) is 18.5 Å². The van der Waals surface area contributed by atoms with E-state index in [0.29, 0.717) is 13.2 Å². The van der Waals surface area contributed by atoms with Gasteiger partial charge in [-0.2, -0.15) is 4.52 Å². The van der Waals surface area contributed by atoms with Crippen molar-refractivity contribution in [3.63, 3.8) is 0 Å². The van der Waals surface area contributed by atoms with Crippen molar-refractivity contribution in [1.29, 1.82) is 0 Å². The predicted octanol–water partition coefficient (Wildman–Crippen LogP) is 0.200. The zero-order chi connectivity index (χ0) is 15.4. The van der Waals surface area contributed by atoms with Crippen molar-refractivity contribution in [2.24, 2.45) is 0 Å². The second kappa shape index (κ2) is 6.69. The van der Waals surface area contributed by atoms with Crippen molar-refractivity contribution < 1.29 is 9.53 Å². The molecular weight excluding hydrogens is 284 g/mol. The standard InChI is InChI=1S/C14H20N6O2/c1-2-22-10-14(21)19-7-3-6-18(8-9-19)13-5-4-12-16-15-11-20(12)17-13/h4-5,11H,2-3,6-10H2,1H3. The van der Waals surface area contributed by atoms with Gasteiger partial charge < -0.3 is 14.5 Å². The third-order valence-corrected chi connectivity index (χ3v) is 3.75. The molecule has 2 aromatic rings. The first-order valence-electron chi connectivity index (χ1n) is 7.55. The molecule has 8 heteroatoms. The number of anilines is 1. The zero-order valence-electron chi connectivity index (χ0n) is 12.7. The van der Waals surface area contributed by atoms with Crippen LogP contribution in [0, 0.1) is 0 Å². The molecule has 0 unspecified atom stereocenters. The molecule has 1 amide bonds. The fourth-order valence-corrected chi connectivity index (χ4v) is 2.56. The topological polar surface area (TPSA) is 75.9 Å². The molecule has 3 heterocycles. The summed E-state index contributed by atoms with van der Waals surface area (Å²) in [4.78, 5) is 16.1. The Balaban J connectivity index is 1.65. The average molecular weight is 304 g/mol.